The normalized spacial score (nSPS) is 25.7. The van der Waals surface area contributed by atoms with Crippen LogP contribution in [0.5, 0.6) is 0 Å². The number of hydrogen-bond acceptors (Lipinski definition) is 2. The Bertz CT molecular complexity index is 302. The number of likely N-dealkylation sites (tertiary alicyclic amines) is 2. The molecule has 4 nitrogen and oxygen atoms in total. The molecule has 1 atom stereocenters. The highest BCUT2D eigenvalue weighted by atomic mass is 19.4. The smallest absolute Gasteiger partial charge is 0.329 e. The van der Waals surface area contributed by atoms with Crippen LogP contribution in [-0.4, -0.2) is 60.8 Å². The van der Waals surface area contributed by atoms with E-state index in [0.717, 1.165) is 19.5 Å². The van der Waals surface area contributed by atoms with Crippen LogP contribution in [0.25, 0.3) is 0 Å². The lowest BCUT2D eigenvalue weighted by Gasteiger charge is -2.23. The summed E-state index contributed by atoms with van der Waals surface area (Å²) >= 11 is 0. The zero-order valence-corrected chi connectivity index (χ0v) is 10.2. The molecule has 2 saturated heterocycles. The molecule has 7 heteroatoms. The van der Waals surface area contributed by atoms with Crippen LogP contribution in [0.2, 0.25) is 0 Å². The van der Waals surface area contributed by atoms with Gasteiger partial charge >= 0.3 is 12.2 Å². The Labute approximate surface area is 104 Å². The second kappa shape index (κ2) is 5.34. The number of halogens is 3. The van der Waals surface area contributed by atoms with Crippen molar-refractivity contribution in [1.29, 1.82) is 0 Å². The zero-order chi connectivity index (χ0) is 13.2. The predicted molar refractivity (Wildman–Crippen MR) is 60.2 cm³/mol. The molecule has 2 fully saturated rings. The molecule has 0 aromatic carbocycles. The molecule has 0 saturated carbocycles. The molecule has 0 aliphatic carbocycles. The number of hydrogen-bond donors (Lipinski definition) is 1. The van der Waals surface area contributed by atoms with Crippen molar-refractivity contribution in [2.75, 3.05) is 32.7 Å². The van der Waals surface area contributed by atoms with Gasteiger partial charge in [-0.25, -0.2) is 4.79 Å². The minimum Gasteiger partial charge on any atom is -0.329 e. The van der Waals surface area contributed by atoms with Gasteiger partial charge in [0.25, 0.3) is 0 Å². The maximum absolute atomic E-state index is 12.0. The van der Waals surface area contributed by atoms with E-state index in [1.807, 2.05) is 5.32 Å². The first kappa shape index (κ1) is 13.5. The van der Waals surface area contributed by atoms with Gasteiger partial charge < -0.3 is 10.2 Å². The molecule has 2 amide bonds. The van der Waals surface area contributed by atoms with Crippen molar-refractivity contribution in [2.45, 2.75) is 31.5 Å². The predicted octanol–water partition coefficient (Wildman–Crippen LogP) is 1.43. The average Bonchev–Trinajstić information content (AvgIpc) is 2.94. The number of nitrogens with zero attached hydrogens (tertiary/aromatic N) is 2. The third kappa shape index (κ3) is 3.51. The lowest BCUT2D eigenvalue weighted by Crippen LogP contribution is -2.44. The third-order valence-corrected chi connectivity index (χ3v) is 3.55. The Morgan fingerprint density at radius 3 is 2.50 bits per heavy atom. The molecule has 1 unspecified atom stereocenters. The molecule has 0 aromatic heterocycles. The van der Waals surface area contributed by atoms with Crippen molar-refractivity contribution >= 4 is 6.03 Å². The second-order valence-corrected chi connectivity index (χ2v) is 4.91. The standard InChI is InChI=1S/C11H18F3N3O/c12-11(13,14)8-15-10(18)17-6-3-9(7-17)16-4-1-2-5-16/h9H,1-8H2,(H,15,18). The van der Waals surface area contributed by atoms with Crippen LogP contribution in [0.4, 0.5) is 18.0 Å². The summed E-state index contributed by atoms with van der Waals surface area (Å²) in [6.07, 6.45) is -1.13. The van der Waals surface area contributed by atoms with Gasteiger partial charge in [-0.05, 0) is 32.4 Å². The van der Waals surface area contributed by atoms with E-state index in [4.69, 9.17) is 0 Å². The van der Waals surface area contributed by atoms with E-state index in [2.05, 4.69) is 4.90 Å². The van der Waals surface area contributed by atoms with Crippen LogP contribution in [0.15, 0.2) is 0 Å². The van der Waals surface area contributed by atoms with Crippen molar-refractivity contribution in [1.82, 2.24) is 15.1 Å². The highest BCUT2D eigenvalue weighted by Gasteiger charge is 2.33. The fourth-order valence-corrected chi connectivity index (χ4v) is 2.62. The summed E-state index contributed by atoms with van der Waals surface area (Å²) < 4.78 is 36.0. The van der Waals surface area contributed by atoms with E-state index in [0.29, 0.717) is 19.1 Å². The minimum absolute atomic E-state index is 0.323. The van der Waals surface area contributed by atoms with Crippen LogP contribution in [-0.2, 0) is 0 Å². The van der Waals surface area contributed by atoms with Gasteiger partial charge in [-0.2, -0.15) is 13.2 Å². The molecule has 2 aliphatic rings. The molecule has 104 valence electrons. The van der Waals surface area contributed by atoms with E-state index in [1.54, 1.807) is 0 Å². The van der Waals surface area contributed by atoms with Crippen molar-refractivity contribution in [3.8, 4) is 0 Å². The SMILES string of the molecule is O=C(NCC(F)(F)F)N1CCC(N2CCCC2)C1. The summed E-state index contributed by atoms with van der Waals surface area (Å²) in [6, 6.07) is -0.279. The van der Waals surface area contributed by atoms with Crippen molar-refractivity contribution < 1.29 is 18.0 Å². The first-order valence-corrected chi connectivity index (χ1v) is 6.29. The number of urea groups is 1. The highest BCUT2D eigenvalue weighted by molar-refractivity contribution is 5.74. The molecule has 0 spiro atoms. The van der Waals surface area contributed by atoms with E-state index in [9.17, 15) is 18.0 Å². The van der Waals surface area contributed by atoms with Gasteiger partial charge in [0.2, 0.25) is 0 Å². The van der Waals surface area contributed by atoms with Gasteiger partial charge in [-0.15, -0.1) is 0 Å². The summed E-state index contributed by atoms with van der Waals surface area (Å²) in [5.41, 5.74) is 0. The third-order valence-electron chi connectivity index (χ3n) is 3.55. The number of amides is 2. The van der Waals surface area contributed by atoms with Gasteiger partial charge in [0.15, 0.2) is 0 Å². The second-order valence-electron chi connectivity index (χ2n) is 4.91. The lowest BCUT2D eigenvalue weighted by atomic mass is 10.2. The van der Waals surface area contributed by atoms with Gasteiger partial charge in [0.1, 0.15) is 6.54 Å². The molecule has 2 rings (SSSR count). The topological polar surface area (TPSA) is 35.6 Å². The van der Waals surface area contributed by atoms with Crippen molar-refractivity contribution in [2.24, 2.45) is 0 Å². The highest BCUT2D eigenvalue weighted by Crippen LogP contribution is 2.20. The molecule has 2 heterocycles. The van der Waals surface area contributed by atoms with Crippen molar-refractivity contribution in [3.63, 3.8) is 0 Å². The van der Waals surface area contributed by atoms with Crippen molar-refractivity contribution in [3.05, 3.63) is 0 Å². The van der Waals surface area contributed by atoms with Crippen LogP contribution in [0.3, 0.4) is 0 Å². The maximum Gasteiger partial charge on any atom is 0.405 e. The van der Waals surface area contributed by atoms with Gasteiger partial charge in [0, 0.05) is 19.1 Å². The largest absolute Gasteiger partial charge is 0.405 e. The van der Waals surface area contributed by atoms with Crippen LogP contribution in [0.1, 0.15) is 19.3 Å². The monoisotopic (exact) mass is 265 g/mol. The molecular formula is C11H18F3N3O. The first-order valence-electron chi connectivity index (χ1n) is 6.29. The Morgan fingerprint density at radius 1 is 1.22 bits per heavy atom. The Morgan fingerprint density at radius 2 is 1.89 bits per heavy atom. The summed E-state index contributed by atoms with van der Waals surface area (Å²) in [7, 11) is 0. The number of alkyl halides is 3. The Hall–Kier alpha value is -0.980. The molecule has 0 bridgehead atoms. The molecule has 0 radical (unpaired) electrons. The summed E-state index contributed by atoms with van der Waals surface area (Å²) in [5, 5.41) is 1.92. The van der Waals surface area contributed by atoms with E-state index in [-0.39, 0.29) is 0 Å². The number of nitrogens with one attached hydrogen (secondary N) is 1. The molecular weight excluding hydrogens is 247 g/mol. The Kier molecular flexibility index (Phi) is 3.99. The average molecular weight is 265 g/mol. The van der Waals surface area contributed by atoms with Crippen LogP contribution < -0.4 is 5.32 Å². The van der Waals surface area contributed by atoms with Gasteiger partial charge in [0.05, 0.1) is 0 Å². The van der Waals surface area contributed by atoms with E-state index in [1.165, 1.54) is 17.7 Å². The minimum atomic E-state index is -4.34. The molecule has 1 N–H and O–H groups in total. The molecule has 2 aliphatic heterocycles. The number of carbonyl (C=O) groups excluding carboxylic acids is 1. The van der Waals surface area contributed by atoms with Gasteiger partial charge in [-0.1, -0.05) is 0 Å². The number of carbonyl (C=O) groups is 1. The molecule has 0 aromatic rings. The zero-order valence-electron chi connectivity index (χ0n) is 10.2. The quantitative estimate of drug-likeness (QED) is 0.820. The fraction of sp³-hybridized carbons (Fsp3) is 0.909. The molecule has 18 heavy (non-hydrogen) atoms. The summed E-state index contributed by atoms with van der Waals surface area (Å²) in [5.74, 6) is 0. The van der Waals surface area contributed by atoms with E-state index >= 15 is 0 Å². The number of rotatable bonds is 2. The van der Waals surface area contributed by atoms with Gasteiger partial charge in [-0.3, -0.25) is 4.90 Å². The Balaban J connectivity index is 1.75. The van der Waals surface area contributed by atoms with Crippen LogP contribution in [0, 0.1) is 0 Å². The lowest BCUT2D eigenvalue weighted by molar-refractivity contribution is -0.123. The summed E-state index contributed by atoms with van der Waals surface area (Å²) in [4.78, 5) is 15.4. The fourth-order valence-electron chi connectivity index (χ4n) is 2.62. The summed E-state index contributed by atoms with van der Waals surface area (Å²) in [6.45, 7) is 1.93. The van der Waals surface area contributed by atoms with Crippen LogP contribution >= 0.6 is 0 Å². The van der Waals surface area contributed by atoms with E-state index < -0.39 is 18.8 Å². The maximum atomic E-state index is 12.0. The first-order chi connectivity index (χ1) is 8.46.